The molecule has 0 aliphatic rings. The number of aryl methyl sites for hydroxylation is 1. The van der Waals surface area contributed by atoms with Gasteiger partial charge in [-0.05, 0) is 37.7 Å². The Kier molecular flexibility index (Phi) is 3.51. The van der Waals surface area contributed by atoms with Gasteiger partial charge in [0.25, 0.3) is 0 Å². The van der Waals surface area contributed by atoms with Crippen LogP contribution in [0.4, 0.5) is 4.39 Å². The van der Waals surface area contributed by atoms with Crippen molar-refractivity contribution in [2.24, 2.45) is 7.05 Å². The van der Waals surface area contributed by atoms with Crippen LogP contribution in [0.25, 0.3) is 11.0 Å². The molecule has 0 bridgehead atoms. The Morgan fingerprint density at radius 1 is 1.38 bits per heavy atom. The average Bonchev–Trinajstić information content (AvgIpc) is 3.01. The third kappa shape index (κ3) is 2.45. The van der Waals surface area contributed by atoms with Crippen molar-refractivity contribution in [3.05, 3.63) is 53.3 Å². The van der Waals surface area contributed by atoms with Gasteiger partial charge in [0.05, 0.1) is 12.2 Å². The highest BCUT2D eigenvalue weighted by Crippen LogP contribution is 2.30. The second kappa shape index (κ2) is 5.33. The Labute approximate surface area is 122 Å². The van der Waals surface area contributed by atoms with Crippen LogP contribution in [0.3, 0.4) is 0 Å². The lowest BCUT2D eigenvalue weighted by molar-refractivity contribution is 0.475. The zero-order chi connectivity index (χ0) is 15.0. The molecule has 0 radical (unpaired) electrons. The van der Waals surface area contributed by atoms with Crippen LogP contribution in [-0.4, -0.2) is 16.3 Å². The molecule has 5 heteroatoms. The molecule has 0 saturated carbocycles. The van der Waals surface area contributed by atoms with E-state index in [-0.39, 0.29) is 11.9 Å². The molecule has 3 aromatic rings. The first-order valence-corrected chi connectivity index (χ1v) is 7.01. The van der Waals surface area contributed by atoms with Gasteiger partial charge in [0.2, 0.25) is 0 Å². The molecule has 0 amide bonds. The van der Waals surface area contributed by atoms with Gasteiger partial charge in [-0.25, -0.2) is 4.39 Å². The van der Waals surface area contributed by atoms with Crippen molar-refractivity contribution >= 4 is 11.0 Å². The molecule has 0 spiro atoms. The van der Waals surface area contributed by atoms with Gasteiger partial charge in [-0.15, -0.1) is 0 Å². The molecule has 0 saturated heterocycles. The zero-order valence-electron chi connectivity index (χ0n) is 12.4. The number of hydrogen-bond donors (Lipinski definition) is 1. The second-order valence-electron chi connectivity index (χ2n) is 5.13. The Hall–Kier alpha value is -2.14. The summed E-state index contributed by atoms with van der Waals surface area (Å²) in [4.78, 5) is 0. The summed E-state index contributed by atoms with van der Waals surface area (Å²) in [5.41, 5.74) is 2.84. The largest absolute Gasteiger partial charge is 0.459 e. The van der Waals surface area contributed by atoms with Crippen LogP contribution in [0.1, 0.15) is 30.0 Å². The minimum absolute atomic E-state index is 0.0841. The third-order valence-electron chi connectivity index (χ3n) is 3.77. The van der Waals surface area contributed by atoms with Gasteiger partial charge >= 0.3 is 0 Å². The molecule has 110 valence electrons. The average molecular weight is 287 g/mol. The Morgan fingerprint density at radius 3 is 2.86 bits per heavy atom. The predicted octanol–water partition coefficient (Wildman–Crippen LogP) is 3.31. The summed E-state index contributed by atoms with van der Waals surface area (Å²) >= 11 is 0. The van der Waals surface area contributed by atoms with E-state index in [0.717, 1.165) is 28.9 Å². The smallest absolute Gasteiger partial charge is 0.134 e. The van der Waals surface area contributed by atoms with Crippen LogP contribution in [0.2, 0.25) is 0 Å². The summed E-state index contributed by atoms with van der Waals surface area (Å²) in [5, 5.41) is 8.46. The van der Waals surface area contributed by atoms with Gasteiger partial charge in [-0.2, -0.15) is 5.10 Å². The molecule has 1 atom stereocenters. The molecule has 0 aliphatic carbocycles. The van der Waals surface area contributed by atoms with E-state index in [1.807, 2.05) is 37.8 Å². The van der Waals surface area contributed by atoms with Gasteiger partial charge in [0.15, 0.2) is 0 Å². The maximum atomic E-state index is 13.3. The molecule has 2 aromatic heterocycles. The molecule has 1 N–H and O–H groups in total. The van der Waals surface area contributed by atoms with Crippen molar-refractivity contribution in [2.75, 3.05) is 6.54 Å². The van der Waals surface area contributed by atoms with Crippen molar-refractivity contribution in [3.63, 3.8) is 0 Å². The number of benzene rings is 1. The van der Waals surface area contributed by atoms with Crippen LogP contribution in [0.15, 0.2) is 34.9 Å². The van der Waals surface area contributed by atoms with Gasteiger partial charge in [-0.1, -0.05) is 6.92 Å². The molecule has 1 aromatic carbocycles. The Morgan fingerprint density at radius 2 is 2.19 bits per heavy atom. The quantitative estimate of drug-likeness (QED) is 0.800. The van der Waals surface area contributed by atoms with Crippen LogP contribution in [0, 0.1) is 12.7 Å². The summed E-state index contributed by atoms with van der Waals surface area (Å²) < 4.78 is 21.0. The van der Waals surface area contributed by atoms with E-state index in [0.29, 0.717) is 5.58 Å². The fourth-order valence-corrected chi connectivity index (χ4v) is 2.54. The second-order valence-corrected chi connectivity index (χ2v) is 5.13. The van der Waals surface area contributed by atoms with E-state index in [9.17, 15) is 4.39 Å². The van der Waals surface area contributed by atoms with Crippen LogP contribution >= 0.6 is 0 Å². The SMILES string of the molecule is CCNC(c1cc2cc(F)ccc2o1)c1cnn(C)c1C. The number of halogens is 1. The van der Waals surface area contributed by atoms with E-state index >= 15 is 0 Å². The van der Waals surface area contributed by atoms with E-state index in [1.165, 1.54) is 12.1 Å². The minimum Gasteiger partial charge on any atom is -0.459 e. The summed E-state index contributed by atoms with van der Waals surface area (Å²) in [6.07, 6.45) is 1.84. The lowest BCUT2D eigenvalue weighted by Crippen LogP contribution is -2.22. The molecule has 0 fully saturated rings. The van der Waals surface area contributed by atoms with Crippen molar-refractivity contribution < 1.29 is 8.81 Å². The molecule has 21 heavy (non-hydrogen) atoms. The number of furan rings is 1. The first-order chi connectivity index (χ1) is 10.1. The number of nitrogens with zero attached hydrogens (tertiary/aromatic N) is 2. The van der Waals surface area contributed by atoms with Crippen molar-refractivity contribution in [1.29, 1.82) is 0 Å². The number of aromatic nitrogens is 2. The van der Waals surface area contributed by atoms with Gasteiger partial charge in [-0.3, -0.25) is 4.68 Å². The highest BCUT2D eigenvalue weighted by Gasteiger charge is 2.21. The lowest BCUT2D eigenvalue weighted by atomic mass is 10.1. The molecular weight excluding hydrogens is 269 g/mol. The topological polar surface area (TPSA) is 43.0 Å². The van der Waals surface area contributed by atoms with Crippen molar-refractivity contribution in [2.45, 2.75) is 19.9 Å². The molecule has 4 nitrogen and oxygen atoms in total. The van der Waals surface area contributed by atoms with Gasteiger partial charge < -0.3 is 9.73 Å². The van der Waals surface area contributed by atoms with Crippen LogP contribution < -0.4 is 5.32 Å². The highest BCUT2D eigenvalue weighted by atomic mass is 19.1. The zero-order valence-corrected chi connectivity index (χ0v) is 12.4. The molecule has 2 heterocycles. The number of fused-ring (bicyclic) bond motifs is 1. The first kappa shape index (κ1) is 13.8. The first-order valence-electron chi connectivity index (χ1n) is 7.01. The number of hydrogen-bond acceptors (Lipinski definition) is 3. The number of rotatable bonds is 4. The van der Waals surface area contributed by atoms with E-state index in [4.69, 9.17) is 4.42 Å². The maximum absolute atomic E-state index is 13.3. The van der Waals surface area contributed by atoms with Crippen LogP contribution in [0.5, 0.6) is 0 Å². The van der Waals surface area contributed by atoms with E-state index in [2.05, 4.69) is 10.4 Å². The molecule has 0 aliphatic heterocycles. The number of nitrogens with one attached hydrogen (secondary N) is 1. The highest BCUT2D eigenvalue weighted by molar-refractivity contribution is 5.78. The third-order valence-corrected chi connectivity index (χ3v) is 3.77. The summed E-state index contributed by atoms with van der Waals surface area (Å²) in [6, 6.07) is 6.36. The Balaban J connectivity index is 2.08. The molecular formula is C16H18FN3O. The fraction of sp³-hybridized carbons (Fsp3) is 0.312. The summed E-state index contributed by atoms with van der Waals surface area (Å²) in [6.45, 7) is 4.86. The van der Waals surface area contributed by atoms with Crippen LogP contribution in [-0.2, 0) is 7.05 Å². The normalized spacial score (nSPS) is 13.0. The van der Waals surface area contributed by atoms with E-state index < -0.39 is 0 Å². The summed E-state index contributed by atoms with van der Waals surface area (Å²) in [5.74, 6) is 0.515. The minimum atomic E-state index is -0.257. The van der Waals surface area contributed by atoms with Crippen molar-refractivity contribution in [3.8, 4) is 0 Å². The predicted molar refractivity (Wildman–Crippen MR) is 79.6 cm³/mol. The van der Waals surface area contributed by atoms with Crippen molar-refractivity contribution in [1.82, 2.24) is 15.1 Å². The molecule has 3 rings (SSSR count). The van der Waals surface area contributed by atoms with E-state index in [1.54, 1.807) is 6.07 Å². The standard InChI is InChI=1S/C16H18FN3O/c1-4-18-16(13-9-19-20(3)10(13)2)15-8-11-7-12(17)5-6-14(11)21-15/h5-9,16,18H,4H2,1-3H3. The summed E-state index contributed by atoms with van der Waals surface area (Å²) in [7, 11) is 1.91. The molecule has 1 unspecified atom stereocenters. The lowest BCUT2D eigenvalue weighted by Gasteiger charge is -2.15. The fourth-order valence-electron chi connectivity index (χ4n) is 2.54. The monoisotopic (exact) mass is 287 g/mol. The van der Waals surface area contributed by atoms with Gasteiger partial charge in [0, 0.05) is 23.7 Å². The Bertz CT molecular complexity index is 775. The van der Waals surface area contributed by atoms with Gasteiger partial charge in [0.1, 0.15) is 17.2 Å². The maximum Gasteiger partial charge on any atom is 0.134 e.